The number of unbranched alkanes of at least 4 members (excludes halogenated alkanes) is 2. The highest BCUT2D eigenvalue weighted by Crippen LogP contribution is 2.16. The molecule has 0 unspecified atom stereocenters. The smallest absolute Gasteiger partial charge is 0.306 e. The van der Waals surface area contributed by atoms with Gasteiger partial charge in [-0.25, -0.2) is 0 Å². The maximum Gasteiger partial charge on any atom is 0.306 e. The molecule has 116 valence electrons. The van der Waals surface area contributed by atoms with Crippen molar-refractivity contribution in [2.75, 3.05) is 6.61 Å². The van der Waals surface area contributed by atoms with Crippen molar-refractivity contribution >= 4 is 27.9 Å². The average molecular weight is 357 g/mol. The summed E-state index contributed by atoms with van der Waals surface area (Å²) in [6, 6.07) is 7.53. The van der Waals surface area contributed by atoms with E-state index in [1.807, 2.05) is 24.3 Å². The maximum atomic E-state index is 11.6. The van der Waals surface area contributed by atoms with Crippen LogP contribution in [0.4, 0.5) is 0 Å². The van der Waals surface area contributed by atoms with Gasteiger partial charge >= 0.3 is 11.9 Å². The van der Waals surface area contributed by atoms with E-state index in [-0.39, 0.29) is 25.4 Å². The molecule has 0 atom stereocenters. The van der Waals surface area contributed by atoms with Crippen molar-refractivity contribution in [1.82, 2.24) is 0 Å². The van der Waals surface area contributed by atoms with Crippen LogP contribution in [-0.2, 0) is 25.7 Å². The number of benzene rings is 1. The van der Waals surface area contributed by atoms with E-state index in [4.69, 9.17) is 9.47 Å². The van der Waals surface area contributed by atoms with Crippen molar-refractivity contribution in [3.05, 3.63) is 34.3 Å². The number of hydrogen-bond donors (Lipinski definition) is 0. The molecule has 0 bridgehead atoms. The minimum Gasteiger partial charge on any atom is -0.466 e. The Bertz CT molecular complexity index is 459. The fraction of sp³-hybridized carbons (Fsp3) is 0.500. The fourth-order valence-electron chi connectivity index (χ4n) is 1.66. The molecule has 0 amide bonds. The van der Waals surface area contributed by atoms with Crippen molar-refractivity contribution < 1.29 is 19.1 Å². The van der Waals surface area contributed by atoms with E-state index in [1.165, 1.54) is 0 Å². The molecule has 0 saturated carbocycles. The number of hydrogen-bond acceptors (Lipinski definition) is 4. The molecule has 0 aliphatic heterocycles. The molecule has 1 aromatic rings. The lowest BCUT2D eigenvalue weighted by atomic mass is 10.2. The standard InChI is InChI=1S/C16H21BrO4/c1-2-3-6-11-20-15(18)9-10-16(19)21-12-13-7-4-5-8-14(13)17/h4-5,7-8H,2-3,6,9-12H2,1H3. The second-order valence-corrected chi connectivity index (χ2v) is 5.53. The van der Waals surface area contributed by atoms with Gasteiger partial charge in [-0.15, -0.1) is 0 Å². The van der Waals surface area contributed by atoms with Gasteiger partial charge in [-0.3, -0.25) is 9.59 Å². The highest BCUT2D eigenvalue weighted by atomic mass is 79.9. The summed E-state index contributed by atoms with van der Waals surface area (Å²) in [5.41, 5.74) is 0.896. The number of halogens is 1. The largest absolute Gasteiger partial charge is 0.466 e. The van der Waals surface area contributed by atoms with Crippen LogP contribution in [0.3, 0.4) is 0 Å². The first-order chi connectivity index (χ1) is 10.1. The van der Waals surface area contributed by atoms with Crippen molar-refractivity contribution in [2.45, 2.75) is 45.6 Å². The lowest BCUT2D eigenvalue weighted by molar-refractivity contribution is -0.151. The molecule has 5 heteroatoms. The Labute approximate surface area is 133 Å². The zero-order valence-corrected chi connectivity index (χ0v) is 13.9. The summed E-state index contributed by atoms with van der Waals surface area (Å²) in [4.78, 5) is 23.0. The van der Waals surface area contributed by atoms with E-state index < -0.39 is 5.97 Å². The van der Waals surface area contributed by atoms with Gasteiger partial charge in [0, 0.05) is 10.0 Å². The molecule has 0 radical (unpaired) electrons. The molecule has 0 aromatic heterocycles. The summed E-state index contributed by atoms with van der Waals surface area (Å²) in [5, 5.41) is 0. The normalized spacial score (nSPS) is 10.2. The van der Waals surface area contributed by atoms with E-state index in [0.717, 1.165) is 29.3 Å². The molecule has 0 fully saturated rings. The van der Waals surface area contributed by atoms with Crippen LogP contribution in [0.2, 0.25) is 0 Å². The zero-order chi connectivity index (χ0) is 15.5. The summed E-state index contributed by atoms with van der Waals surface area (Å²) >= 11 is 3.38. The van der Waals surface area contributed by atoms with Gasteiger partial charge in [-0.1, -0.05) is 53.9 Å². The molecule has 21 heavy (non-hydrogen) atoms. The minimum absolute atomic E-state index is 0.0526. The number of carbonyl (C=O) groups is 2. The van der Waals surface area contributed by atoms with Crippen molar-refractivity contribution in [3.63, 3.8) is 0 Å². The van der Waals surface area contributed by atoms with Crippen LogP contribution in [0.25, 0.3) is 0 Å². The summed E-state index contributed by atoms with van der Waals surface area (Å²) < 4.78 is 11.0. The van der Waals surface area contributed by atoms with Crippen LogP contribution in [0.1, 0.15) is 44.6 Å². The fourth-order valence-corrected chi connectivity index (χ4v) is 2.06. The van der Waals surface area contributed by atoms with Gasteiger partial charge in [0.1, 0.15) is 6.61 Å². The van der Waals surface area contributed by atoms with Crippen LogP contribution in [-0.4, -0.2) is 18.5 Å². The molecule has 1 rings (SSSR count). The van der Waals surface area contributed by atoms with Crippen LogP contribution in [0.15, 0.2) is 28.7 Å². The molecular formula is C16H21BrO4. The monoisotopic (exact) mass is 356 g/mol. The van der Waals surface area contributed by atoms with Crippen molar-refractivity contribution in [1.29, 1.82) is 0 Å². The van der Waals surface area contributed by atoms with Gasteiger partial charge in [-0.2, -0.15) is 0 Å². The number of esters is 2. The number of carbonyl (C=O) groups excluding carboxylic acids is 2. The van der Waals surface area contributed by atoms with Crippen LogP contribution in [0, 0.1) is 0 Å². The molecule has 4 nitrogen and oxygen atoms in total. The lowest BCUT2D eigenvalue weighted by Crippen LogP contribution is -2.11. The van der Waals surface area contributed by atoms with Crippen molar-refractivity contribution in [2.24, 2.45) is 0 Å². The summed E-state index contributed by atoms with van der Waals surface area (Å²) in [7, 11) is 0. The first kappa shape index (κ1) is 17.7. The van der Waals surface area contributed by atoms with Crippen LogP contribution >= 0.6 is 15.9 Å². The first-order valence-corrected chi connectivity index (χ1v) is 7.97. The van der Waals surface area contributed by atoms with Gasteiger partial charge in [0.05, 0.1) is 19.4 Å². The van der Waals surface area contributed by atoms with E-state index in [2.05, 4.69) is 22.9 Å². The predicted octanol–water partition coefficient (Wildman–Crippen LogP) is 4.01. The van der Waals surface area contributed by atoms with Gasteiger partial charge in [0.25, 0.3) is 0 Å². The Morgan fingerprint density at radius 3 is 2.38 bits per heavy atom. The topological polar surface area (TPSA) is 52.6 Å². The molecule has 1 aromatic carbocycles. The third-order valence-electron chi connectivity index (χ3n) is 2.89. The quantitative estimate of drug-likeness (QED) is 0.495. The predicted molar refractivity (Wildman–Crippen MR) is 83.7 cm³/mol. The third-order valence-corrected chi connectivity index (χ3v) is 3.66. The first-order valence-electron chi connectivity index (χ1n) is 7.18. The number of ether oxygens (including phenoxy) is 2. The summed E-state index contributed by atoms with van der Waals surface area (Å²) in [5.74, 6) is -0.736. The van der Waals surface area contributed by atoms with Gasteiger partial charge in [-0.05, 0) is 12.5 Å². The van der Waals surface area contributed by atoms with Crippen LogP contribution < -0.4 is 0 Å². The molecular weight excluding hydrogens is 336 g/mol. The maximum absolute atomic E-state index is 11.6. The second-order valence-electron chi connectivity index (χ2n) is 4.68. The molecule has 0 aliphatic carbocycles. The van der Waals surface area contributed by atoms with E-state index in [9.17, 15) is 9.59 Å². The Hall–Kier alpha value is -1.36. The van der Waals surface area contributed by atoms with Gasteiger partial charge in [0.2, 0.25) is 0 Å². The Balaban J connectivity index is 2.16. The molecule has 0 N–H and O–H groups in total. The molecule has 0 aliphatic rings. The van der Waals surface area contributed by atoms with E-state index in [0.29, 0.717) is 6.61 Å². The molecule has 0 saturated heterocycles. The van der Waals surface area contributed by atoms with Crippen LogP contribution in [0.5, 0.6) is 0 Å². The summed E-state index contributed by atoms with van der Waals surface area (Å²) in [6.07, 6.45) is 3.12. The molecule has 0 heterocycles. The SMILES string of the molecule is CCCCCOC(=O)CCC(=O)OCc1ccccc1Br. The van der Waals surface area contributed by atoms with E-state index >= 15 is 0 Å². The van der Waals surface area contributed by atoms with E-state index in [1.54, 1.807) is 0 Å². The Morgan fingerprint density at radius 2 is 1.71 bits per heavy atom. The molecule has 0 spiro atoms. The highest BCUT2D eigenvalue weighted by molar-refractivity contribution is 9.10. The Kier molecular flexibility index (Phi) is 8.74. The number of rotatable bonds is 9. The highest BCUT2D eigenvalue weighted by Gasteiger charge is 2.10. The summed E-state index contributed by atoms with van der Waals surface area (Å²) in [6.45, 7) is 2.72. The van der Waals surface area contributed by atoms with Crippen molar-refractivity contribution in [3.8, 4) is 0 Å². The Morgan fingerprint density at radius 1 is 1.05 bits per heavy atom. The van der Waals surface area contributed by atoms with Gasteiger partial charge in [0.15, 0.2) is 0 Å². The lowest BCUT2D eigenvalue weighted by Gasteiger charge is -2.07. The zero-order valence-electron chi connectivity index (χ0n) is 12.3. The third kappa shape index (κ3) is 7.85. The second kappa shape index (κ2) is 10.4. The average Bonchev–Trinajstić information content (AvgIpc) is 2.48. The minimum atomic E-state index is -0.392. The van der Waals surface area contributed by atoms with Gasteiger partial charge < -0.3 is 9.47 Å².